The molecule has 0 aliphatic carbocycles. The van der Waals surface area contributed by atoms with Crippen LogP contribution in [0.25, 0.3) is 11.5 Å². The zero-order valence-electron chi connectivity index (χ0n) is 16.3. The second-order valence-electron chi connectivity index (χ2n) is 7.31. The fourth-order valence-corrected chi connectivity index (χ4v) is 3.42. The molecule has 0 bridgehead atoms. The maximum atomic E-state index is 14.0. The van der Waals surface area contributed by atoms with Crippen LogP contribution in [-0.2, 0) is 11.2 Å². The van der Waals surface area contributed by atoms with Gasteiger partial charge >= 0.3 is 0 Å². The number of aromatic nitrogens is 2. The SMILES string of the molecule is Cc1ccc(-c2nnc(CCC(=O)Nc3cc(F)cc(N4CCCC4)c3)o2)cc1. The number of amides is 1. The molecule has 3 aromatic rings. The second-order valence-corrected chi connectivity index (χ2v) is 7.31. The molecular formula is C22H23FN4O2. The molecular weight excluding hydrogens is 371 g/mol. The molecule has 0 unspecified atom stereocenters. The number of hydrogen-bond acceptors (Lipinski definition) is 5. The van der Waals surface area contributed by atoms with Crippen LogP contribution in [0.3, 0.4) is 0 Å². The Bertz CT molecular complexity index is 994. The maximum absolute atomic E-state index is 14.0. The van der Waals surface area contributed by atoms with Crippen LogP contribution in [0.15, 0.2) is 46.9 Å². The molecule has 0 atom stereocenters. The summed E-state index contributed by atoms with van der Waals surface area (Å²) in [6, 6.07) is 12.4. The molecule has 1 fully saturated rings. The second kappa shape index (κ2) is 8.43. The van der Waals surface area contributed by atoms with Crippen LogP contribution in [0.1, 0.15) is 30.7 Å². The Hall–Kier alpha value is -3.22. The van der Waals surface area contributed by atoms with Crippen molar-refractivity contribution in [3.05, 3.63) is 59.7 Å². The van der Waals surface area contributed by atoms with Gasteiger partial charge < -0.3 is 14.6 Å². The minimum atomic E-state index is -0.357. The summed E-state index contributed by atoms with van der Waals surface area (Å²) in [6.45, 7) is 3.84. The van der Waals surface area contributed by atoms with Gasteiger partial charge in [-0.1, -0.05) is 17.7 Å². The van der Waals surface area contributed by atoms with Gasteiger partial charge in [0.15, 0.2) is 0 Å². The standard InChI is InChI=1S/C22H23FN4O2/c1-15-4-6-16(7-5-15)22-26-25-21(29-22)9-8-20(28)24-18-12-17(23)13-19(14-18)27-10-2-3-11-27/h4-7,12-14H,2-3,8-11H2,1H3,(H,24,28). The Labute approximate surface area is 168 Å². The lowest BCUT2D eigenvalue weighted by molar-refractivity contribution is -0.116. The first-order chi connectivity index (χ1) is 14.1. The highest BCUT2D eigenvalue weighted by Gasteiger charge is 2.15. The van der Waals surface area contributed by atoms with E-state index < -0.39 is 0 Å². The third-order valence-electron chi connectivity index (χ3n) is 4.97. The maximum Gasteiger partial charge on any atom is 0.247 e. The van der Waals surface area contributed by atoms with Gasteiger partial charge in [0.1, 0.15) is 5.82 Å². The Morgan fingerprint density at radius 3 is 2.66 bits per heavy atom. The monoisotopic (exact) mass is 394 g/mol. The molecule has 2 heterocycles. The molecule has 7 heteroatoms. The molecule has 150 valence electrons. The zero-order chi connectivity index (χ0) is 20.2. The van der Waals surface area contributed by atoms with Crippen LogP contribution < -0.4 is 10.2 Å². The summed E-state index contributed by atoms with van der Waals surface area (Å²) < 4.78 is 19.6. The summed E-state index contributed by atoms with van der Waals surface area (Å²) in [4.78, 5) is 14.4. The van der Waals surface area contributed by atoms with Gasteiger partial charge in [0.05, 0.1) is 0 Å². The number of carbonyl (C=O) groups is 1. The van der Waals surface area contributed by atoms with Crippen molar-refractivity contribution >= 4 is 17.3 Å². The van der Waals surface area contributed by atoms with E-state index >= 15 is 0 Å². The van der Waals surface area contributed by atoms with Gasteiger partial charge in [-0.2, -0.15) is 0 Å². The van der Waals surface area contributed by atoms with Crippen LogP contribution in [0.4, 0.5) is 15.8 Å². The van der Waals surface area contributed by atoms with Crippen LogP contribution >= 0.6 is 0 Å². The van der Waals surface area contributed by atoms with Crippen molar-refractivity contribution in [2.24, 2.45) is 0 Å². The Kier molecular flexibility index (Phi) is 5.55. The predicted molar refractivity (Wildman–Crippen MR) is 109 cm³/mol. The summed E-state index contributed by atoms with van der Waals surface area (Å²) in [5.74, 6) is 0.246. The van der Waals surface area contributed by atoms with Crippen molar-refractivity contribution < 1.29 is 13.6 Å². The molecule has 1 amide bonds. The Morgan fingerprint density at radius 2 is 1.90 bits per heavy atom. The van der Waals surface area contributed by atoms with E-state index in [0.29, 0.717) is 23.9 Å². The number of nitrogens with zero attached hydrogens (tertiary/aromatic N) is 3. The normalized spacial score (nSPS) is 13.7. The molecule has 4 rings (SSSR count). The molecule has 1 N–H and O–H groups in total. The fourth-order valence-electron chi connectivity index (χ4n) is 3.42. The Morgan fingerprint density at radius 1 is 1.14 bits per heavy atom. The lowest BCUT2D eigenvalue weighted by Crippen LogP contribution is -2.18. The van der Waals surface area contributed by atoms with Gasteiger partial charge in [0.2, 0.25) is 17.7 Å². The number of carbonyl (C=O) groups excluding carboxylic acids is 1. The highest BCUT2D eigenvalue weighted by molar-refractivity contribution is 5.91. The number of hydrogen-bond donors (Lipinski definition) is 1. The molecule has 1 aliphatic rings. The van der Waals surface area contributed by atoms with E-state index in [1.54, 1.807) is 0 Å². The topological polar surface area (TPSA) is 71.3 Å². The van der Waals surface area contributed by atoms with Crippen LogP contribution in [-0.4, -0.2) is 29.2 Å². The van der Waals surface area contributed by atoms with E-state index in [1.807, 2.05) is 37.3 Å². The first kappa shape index (κ1) is 19.1. The number of halogens is 1. The lowest BCUT2D eigenvalue weighted by atomic mass is 10.1. The highest BCUT2D eigenvalue weighted by atomic mass is 19.1. The molecule has 0 radical (unpaired) electrons. The minimum absolute atomic E-state index is 0.172. The average Bonchev–Trinajstić information content (AvgIpc) is 3.39. The van der Waals surface area contributed by atoms with E-state index in [0.717, 1.165) is 42.7 Å². The van der Waals surface area contributed by atoms with E-state index in [-0.39, 0.29) is 18.1 Å². The number of nitrogens with one attached hydrogen (secondary N) is 1. The molecule has 0 saturated carbocycles. The molecule has 29 heavy (non-hydrogen) atoms. The third-order valence-corrected chi connectivity index (χ3v) is 4.97. The largest absolute Gasteiger partial charge is 0.421 e. The molecule has 0 spiro atoms. The van der Waals surface area contributed by atoms with E-state index in [4.69, 9.17) is 4.42 Å². The minimum Gasteiger partial charge on any atom is -0.421 e. The average molecular weight is 394 g/mol. The molecule has 1 aromatic heterocycles. The van der Waals surface area contributed by atoms with Gasteiger partial charge in [-0.25, -0.2) is 4.39 Å². The van der Waals surface area contributed by atoms with Gasteiger partial charge in [-0.3, -0.25) is 4.79 Å². The lowest BCUT2D eigenvalue weighted by Gasteiger charge is -2.18. The van der Waals surface area contributed by atoms with E-state index in [9.17, 15) is 9.18 Å². The van der Waals surface area contributed by atoms with Crippen molar-refractivity contribution in [2.75, 3.05) is 23.3 Å². The third kappa shape index (κ3) is 4.80. The zero-order valence-corrected chi connectivity index (χ0v) is 16.3. The smallest absolute Gasteiger partial charge is 0.247 e. The fraction of sp³-hybridized carbons (Fsp3) is 0.318. The summed E-state index contributed by atoms with van der Waals surface area (Å²) in [6.07, 6.45) is 2.70. The van der Waals surface area contributed by atoms with Gasteiger partial charge in [0, 0.05) is 42.9 Å². The predicted octanol–water partition coefficient (Wildman–Crippen LogP) is 4.36. The number of rotatable bonds is 6. The van der Waals surface area contributed by atoms with Crippen LogP contribution in [0.2, 0.25) is 0 Å². The van der Waals surface area contributed by atoms with Crippen LogP contribution in [0.5, 0.6) is 0 Å². The van der Waals surface area contributed by atoms with Gasteiger partial charge in [-0.15, -0.1) is 10.2 Å². The summed E-state index contributed by atoms with van der Waals surface area (Å²) in [5, 5.41) is 10.8. The van der Waals surface area contributed by atoms with Crippen LogP contribution in [0, 0.1) is 12.7 Å². The van der Waals surface area contributed by atoms with E-state index in [2.05, 4.69) is 20.4 Å². The number of benzene rings is 2. The quantitative estimate of drug-likeness (QED) is 0.673. The van der Waals surface area contributed by atoms with Crippen molar-refractivity contribution in [2.45, 2.75) is 32.6 Å². The number of anilines is 2. The van der Waals surface area contributed by atoms with Crippen molar-refractivity contribution in [1.29, 1.82) is 0 Å². The molecule has 2 aromatic carbocycles. The summed E-state index contributed by atoms with van der Waals surface area (Å²) >= 11 is 0. The van der Waals surface area contributed by atoms with E-state index in [1.165, 1.54) is 12.1 Å². The molecule has 6 nitrogen and oxygen atoms in total. The number of aryl methyl sites for hydroxylation is 2. The Balaban J connectivity index is 1.35. The summed E-state index contributed by atoms with van der Waals surface area (Å²) in [7, 11) is 0. The van der Waals surface area contributed by atoms with Crippen molar-refractivity contribution in [3.8, 4) is 11.5 Å². The summed E-state index contributed by atoms with van der Waals surface area (Å²) in [5.41, 5.74) is 3.25. The van der Waals surface area contributed by atoms with Gasteiger partial charge in [0.25, 0.3) is 0 Å². The van der Waals surface area contributed by atoms with Gasteiger partial charge in [-0.05, 0) is 50.1 Å². The molecule has 1 saturated heterocycles. The first-order valence-corrected chi connectivity index (χ1v) is 9.82. The van der Waals surface area contributed by atoms with Crippen molar-refractivity contribution in [3.63, 3.8) is 0 Å². The first-order valence-electron chi connectivity index (χ1n) is 9.82. The molecule has 1 aliphatic heterocycles. The van der Waals surface area contributed by atoms with Crippen molar-refractivity contribution in [1.82, 2.24) is 10.2 Å². The highest BCUT2D eigenvalue weighted by Crippen LogP contribution is 2.25.